The lowest BCUT2D eigenvalue weighted by Crippen LogP contribution is -2.16. The number of rotatable bonds is 4. The molecular formula is C20H22O. The van der Waals surface area contributed by atoms with Crippen molar-refractivity contribution < 1.29 is 4.74 Å². The van der Waals surface area contributed by atoms with E-state index in [9.17, 15) is 0 Å². The molecule has 0 fully saturated rings. The van der Waals surface area contributed by atoms with Gasteiger partial charge in [0.05, 0.1) is 12.2 Å². The van der Waals surface area contributed by atoms with Gasteiger partial charge in [0.15, 0.2) is 0 Å². The minimum Gasteiger partial charge on any atom is -0.370 e. The smallest absolute Gasteiger partial charge is 0.0863 e. The van der Waals surface area contributed by atoms with Crippen LogP contribution in [0.25, 0.3) is 0 Å². The van der Waals surface area contributed by atoms with Gasteiger partial charge in [0.25, 0.3) is 0 Å². The van der Waals surface area contributed by atoms with Gasteiger partial charge in [-0.15, -0.1) is 0 Å². The molecule has 2 atom stereocenters. The Balaban J connectivity index is 1.62. The molecule has 0 unspecified atom stereocenters. The molecule has 2 aromatic rings. The van der Waals surface area contributed by atoms with Crippen LogP contribution < -0.4 is 0 Å². The van der Waals surface area contributed by atoms with Crippen molar-refractivity contribution in [2.45, 2.75) is 37.9 Å². The number of hydrogen-bond donors (Lipinski definition) is 0. The molecule has 1 aliphatic heterocycles. The van der Waals surface area contributed by atoms with Crippen LogP contribution in [0.2, 0.25) is 0 Å². The van der Waals surface area contributed by atoms with Gasteiger partial charge in [-0.3, -0.25) is 0 Å². The Bertz CT molecular complexity index is 559. The van der Waals surface area contributed by atoms with Crippen molar-refractivity contribution in [2.24, 2.45) is 0 Å². The third-order valence-corrected chi connectivity index (χ3v) is 4.04. The van der Waals surface area contributed by atoms with E-state index in [0.29, 0.717) is 6.10 Å². The highest BCUT2D eigenvalue weighted by Crippen LogP contribution is 2.28. The van der Waals surface area contributed by atoms with Crippen LogP contribution in [0.5, 0.6) is 0 Å². The molecule has 1 aliphatic rings. The lowest BCUT2D eigenvalue weighted by molar-refractivity contribution is -0.0105. The van der Waals surface area contributed by atoms with Crippen molar-refractivity contribution in [1.82, 2.24) is 0 Å². The Morgan fingerprint density at radius 2 is 1.48 bits per heavy atom. The van der Waals surface area contributed by atoms with Crippen molar-refractivity contribution in [1.29, 1.82) is 0 Å². The first-order valence-corrected chi connectivity index (χ1v) is 7.81. The van der Waals surface area contributed by atoms with E-state index in [1.165, 1.54) is 11.1 Å². The standard InChI is InChI=1S/C20H22O/c1-3-9-17(10-4-1)15-16-19-13-7-8-14-20(21-19)18-11-5-2-6-12-18/h1-12,19-20H,13-16H2/t19-,20+/m1/s1. The Morgan fingerprint density at radius 1 is 0.810 bits per heavy atom. The maximum atomic E-state index is 6.36. The van der Waals surface area contributed by atoms with E-state index in [2.05, 4.69) is 72.8 Å². The normalized spacial score (nSPS) is 21.9. The fourth-order valence-electron chi connectivity index (χ4n) is 2.85. The highest BCUT2D eigenvalue weighted by Gasteiger charge is 2.19. The minimum absolute atomic E-state index is 0.200. The molecule has 108 valence electrons. The molecule has 21 heavy (non-hydrogen) atoms. The molecule has 0 bridgehead atoms. The monoisotopic (exact) mass is 278 g/mol. The summed E-state index contributed by atoms with van der Waals surface area (Å²) < 4.78 is 6.36. The first-order chi connectivity index (χ1) is 10.4. The Labute approximate surface area is 127 Å². The summed E-state index contributed by atoms with van der Waals surface area (Å²) in [5.74, 6) is 0. The summed E-state index contributed by atoms with van der Waals surface area (Å²) >= 11 is 0. The molecule has 0 amide bonds. The summed E-state index contributed by atoms with van der Waals surface area (Å²) in [4.78, 5) is 0. The van der Waals surface area contributed by atoms with E-state index >= 15 is 0 Å². The third-order valence-electron chi connectivity index (χ3n) is 4.04. The highest BCUT2D eigenvalue weighted by atomic mass is 16.5. The minimum atomic E-state index is 0.200. The van der Waals surface area contributed by atoms with Gasteiger partial charge in [-0.2, -0.15) is 0 Å². The maximum absolute atomic E-state index is 6.36. The summed E-state index contributed by atoms with van der Waals surface area (Å²) in [6.45, 7) is 0. The predicted octanol–water partition coefficient (Wildman–Crippen LogP) is 5.10. The van der Waals surface area contributed by atoms with Crippen LogP contribution in [0.3, 0.4) is 0 Å². The number of hydrogen-bond acceptors (Lipinski definition) is 1. The van der Waals surface area contributed by atoms with Gasteiger partial charge < -0.3 is 4.74 Å². The van der Waals surface area contributed by atoms with E-state index < -0.39 is 0 Å². The van der Waals surface area contributed by atoms with Crippen LogP contribution >= 0.6 is 0 Å². The van der Waals surface area contributed by atoms with Gasteiger partial charge in [0, 0.05) is 0 Å². The summed E-state index contributed by atoms with van der Waals surface area (Å²) in [5, 5.41) is 0. The number of benzene rings is 2. The van der Waals surface area contributed by atoms with E-state index in [4.69, 9.17) is 4.74 Å². The zero-order valence-electron chi connectivity index (χ0n) is 12.3. The molecule has 0 spiro atoms. The van der Waals surface area contributed by atoms with Crippen molar-refractivity contribution in [2.75, 3.05) is 0 Å². The average molecular weight is 278 g/mol. The molecule has 2 aromatic carbocycles. The Hall–Kier alpha value is -1.86. The van der Waals surface area contributed by atoms with Crippen molar-refractivity contribution >= 4 is 0 Å². The lowest BCUT2D eigenvalue weighted by Gasteiger charge is -2.22. The largest absolute Gasteiger partial charge is 0.370 e. The zero-order chi connectivity index (χ0) is 14.3. The first-order valence-electron chi connectivity index (χ1n) is 7.81. The number of ether oxygens (including phenoxy) is 1. The van der Waals surface area contributed by atoms with Gasteiger partial charge in [0.2, 0.25) is 0 Å². The lowest BCUT2D eigenvalue weighted by atomic mass is 10.0. The molecule has 0 radical (unpaired) electrons. The van der Waals surface area contributed by atoms with Crippen LogP contribution in [0.15, 0.2) is 72.8 Å². The third kappa shape index (κ3) is 4.05. The fourth-order valence-corrected chi connectivity index (χ4v) is 2.85. The quantitative estimate of drug-likeness (QED) is 0.707. The summed E-state index contributed by atoms with van der Waals surface area (Å²) in [6.07, 6.45) is 9.22. The zero-order valence-corrected chi connectivity index (χ0v) is 12.3. The predicted molar refractivity (Wildman–Crippen MR) is 87.2 cm³/mol. The molecule has 1 nitrogen and oxygen atoms in total. The second kappa shape index (κ2) is 7.24. The molecule has 3 rings (SSSR count). The second-order valence-electron chi connectivity index (χ2n) is 5.62. The number of aryl methyl sites for hydroxylation is 1. The van der Waals surface area contributed by atoms with Gasteiger partial charge in [-0.05, 0) is 36.8 Å². The second-order valence-corrected chi connectivity index (χ2v) is 5.62. The summed E-state index contributed by atoms with van der Waals surface area (Å²) in [5.41, 5.74) is 2.68. The molecule has 0 N–H and O–H groups in total. The van der Waals surface area contributed by atoms with E-state index in [0.717, 1.165) is 25.7 Å². The first kappa shape index (κ1) is 14.1. The maximum Gasteiger partial charge on any atom is 0.0863 e. The van der Waals surface area contributed by atoms with Crippen LogP contribution in [0.1, 0.15) is 36.5 Å². The molecule has 0 saturated heterocycles. The van der Waals surface area contributed by atoms with Crippen LogP contribution in [0, 0.1) is 0 Å². The molecule has 0 aromatic heterocycles. The average Bonchev–Trinajstić information content (AvgIpc) is 2.80. The molecule has 1 heteroatoms. The van der Waals surface area contributed by atoms with E-state index in [-0.39, 0.29) is 6.10 Å². The van der Waals surface area contributed by atoms with Crippen molar-refractivity contribution in [3.63, 3.8) is 0 Å². The van der Waals surface area contributed by atoms with Crippen LogP contribution in [-0.2, 0) is 11.2 Å². The van der Waals surface area contributed by atoms with Crippen molar-refractivity contribution in [3.05, 3.63) is 83.9 Å². The van der Waals surface area contributed by atoms with Crippen molar-refractivity contribution in [3.8, 4) is 0 Å². The molecular weight excluding hydrogens is 256 g/mol. The Kier molecular flexibility index (Phi) is 4.86. The summed E-state index contributed by atoms with van der Waals surface area (Å²) in [6, 6.07) is 21.2. The van der Waals surface area contributed by atoms with E-state index in [1.807, 2.05) is 0 Å². The fraction of sp³-hybridized carbons (Fsp3) is 0.300. The van der Waals surface area contributed by atoms with E-state index in [1.54, 1.807) is 0 Å². The topological polar surface area (TPSA) is 9.23 Å². The SMILES string of the molecule is C1=CC[C@@H](c2ccccc2)O[C@@H](CCc2ccccc2)C1. The van der Waals surface area contributed by atoms with Gasteiger partial charge in [0.1, 0.15) is 0 Å². The van der Waals surface area contributed by atoms with Gasteiger partial charge >= 0.3 is 0 Å². The van der Waals surface area contributed by atoms with Crippen LogP contribution in [0.4, 0.5) is 0 Å². The van der Waals surface area contributed by atoms with Crippen LogP contribution in [-0.4, -0.2) is 6.10 Å². The molecule has 0 aliphatic carbocycles. The Morgan fingerprint density at radius 3 is 2.24 bits per heavy atom. The molecule has 0 saturated carbocycles. The highest BCUT2D eigenvalue weighted by molar-refractivity contribution is 5.19. The summed E-state index contributed by atoms with van der Waals surface area (Å²) in [7, 11) is 0. The van der Waals surface area contributed by atoms with Gasteiger partial charge in [-0.25, -0.2) is 0 Å². The molecule has 1 heterocycles. The van der Waals surface area contributed by atoms with Gasteiger partial charge in [-0.1, -0.05) is 72.8 Å².